The molecule has 0 saturated heterocycles. The maximum Gasteiger partial charge on any atom is 0.213 e. The smallest absolute Gasteiger partial charge is 0.213 e. The van der Waals surface area contributed by atoms with Gasteiger partial charge in [0.25, 0.3) is 0 Å². The van der Waals surface area contributed by atoms with Gasteiger partial charge in [-0.05, 0) is 95.1 Å². The second-order valence-corrected chi connectivity index (χ2v) is 14.1. The fourth-order valence-electron chi connectivity index (χ4n) is 8.64. The highest BCUT2D eigenvalue weighted by Gasteiger charge is 2.20. The second-order valence-electron chi connectivity index (χ2n) is 14.1. The number of hydrogen-bond donors (Lipinski definition) is 0. The van der Waals surface area contributed by atoms with Crippen molar-refractivity contribution in [3.8, 4) is 33.6 Å². The standard InChI is InChI=1S/C50H30N2O2/c1-2-10-35(11-3-1)52-45-30-34(20-25-39(45)49-40-14-6-9-17-46(40)54-50(49)52)33-22-27-48-42(29-33)41-28-32(21-26-47(41)53-48)31-18-23-36(24-19-31)51-43-15-7-4-12-37(43)38-13-5-8-16-44(38)51/h1-30H. The van der Waals surface area contributed by atoms with Crippen LogP contribution in [0.5, 0.6) is 0 Å². The Morgan fingerprint density at radius 3 is 1.52 bits per heavy atom. The molecule has 8 aromatic carbocycles. The number of aromatic nitrogens is 2. The lowest BCUT2D eigenvalue weighted by atomic mass is 9.99. The Bertz CT molecular complexity index is 3380. The summed E-state index contributed by atoms with van der Waals surface area (Å²) in [5.41, 5.74) is 13.9. The highest BCUT2D eigenvalue weighted by atomic mass is 16.3. The number of hydrogen-bond acceptors (Lipinski definition) is 2. The Balaban J connectivity index is 0.967. The first-order valence-electron chi connectivity index (χ1n) is 18.3. The van der Waals surface area contributed by atoms with Crippen LogP contribution >= 0.6 is 0 Å². The Labute approximate surface area is 309 Å². The van der Waals surface area contributed by atoms with E-state index in [1.165, 1.54) is 27.2 Å². The molecule has 0 bridgehead atoms. The molecular weight excluding hydrogens is 661 g/mol. The Kier molecular flexibility index (Phi) is 6.02. The van der Waals surface area contributed by atoms with E-state index in [1.54, 1.807) is 0 Å². The molecule has 0 aliphatic heterocycles. The number of rotatable bonds is 4. The van der Waals surface area contributed by atoms with E-state index in [4.69, 9.17) is 8.83 Å². The molecule has 0 radical (unpaired) electrons. The minimum absolute atomic E-state index is 0.862. The van der Waals surface area contributed by atoms with Crippen molar-refractivity contribution in [3.05, 3.63) is 182 Å². The summed E-state index contributed by atoms with van der Waals surface area (Å²) in [6, 6.07) is 64.8. The van der Waals surface area contributed by atoms with E-state index in [2.05, 4.69) is 173 Å². The van der Waals surface area contributed by atoms with Gasteiger partial charge in [0, 0.05) is 43.7 Å². The predicted octanol–water partition coefficient (Wildman–Crippen LogP) is 13.9. The van der Waals surface area contributed by atoms with E-state index in [9.17, 15) is 0 Å². The first-order chi connectivity index (χ1) is 26.8. The molecule has 0 unspecified atom stereocenters. The van der Waals surface area contributed by atoms with Crippen molar-refractivity contribution < 1.29 is 8.83 Å². The van der Waals surface area contributed by atoms with Crippen LogP contribution in [0.4, 0.5) is 0 Å². The zero-order valence-corrected chi connectivity index (χ0v) is 29.0. The average molecular weight is 691 g/mol. The lowest BCUT2D eigenvalue weighted by molar-refractivity contribution is 0.645. The van der Waals surface area contributed by atoms with Crippen LogP contribution in [0.25, 0.3) is 110 Å². The van der Waals surface area contributed by atoms with Gasteiger partial charge in [-0.15, -0.1) is 0 Å². The first-order valence-corrected chi connectivity index (χ1v) is 18.3. The van der Waals surface area contributed by atoms with E-state index < -0.39 is 0 Å². The van der Waals surface area contributed by atoms with Crippen LogP contribution in [0.1, 0.15) is 0 Å². The minimum Gasteiger partial charge on any atom is -0.456 e. The van der Waals surface area contributed by atoms with Gasteiger partial charge in [-0.2, -0.15) is 0 Å². The molecule has 54 heavy (non-hydrogen) atoms. The third kappa shape index (κ3) is 4.19. The van der Waals surface area contributed by atoms with Gasteiger partial charge in [-0.1, -0.05) is 109 Å². The van der Waals surface area contributed by atoms with Gasteiger partial charge in [-0.3, -0.25) is 4.57 Å². The third-order valence-electron chi connectivity index (χ3n) is 11.1. The van der Waals surface area contributed by atoms with Crippen molar-refractivity contribution in [2.24, 2.45) is 0 Å². The van der Waals surface area contributed by atoms with Crippen molar-refractivity contribution >= 4 is 76.7 Å². The first kappa shape index (κ1) is 29.3. The van der Waals surface area contributed by atoms with Gasteiger partial charge < -0.3 is 13.4 Å². The quantitative estimate of drug-likeness (QED) is 0.184. The molecular formula is C50H30N2O2. The molecule has 4 nitrogen and oxygen atoms in total. The van der Waals surface area contributed by atoms with E-state index in [0.717, 1.165) is 83.2 Å². The molecule has 4 aromatic heterocycles. The van der Waals surface area contributed by atoms with Gasteiger partial charge in [0.15, 0.2) is 0 Å². The summed E-state index contributed by atoms with van der Waals surface area (Å²) < 4.78 is 17.5. The predicted molar refractivity (Wildman–Crippen MR) is 223 cm³/mol. The molecule has 4 heteroatoms. The van der Waals surface area contributed by atoms with Gasteiger partial charge in [-0.25, -0.2) is 0 Å². The molecule has 252 valence electrons. The van der Waals surface area contributed by atoms with Crippen LogP contribution in [0.3, 0.4) is 0 Å². The lowest BCUT2D eigenvalue weighted by Crippen LogP contribution is -1.93. The molecule has 0 spiro atoms. The van der Waals surface area contributed by atoms with E-state index in [0.29, 0.717) is 0 Å². The Hall–Kier alpha value is -7.30. The average Bonchev–Trinajstić information content (AvgIpc) is 3.97. The van der Waals surface area contributed by atoms with Crippen LogP contribution in [-0.4, -0.2) is 9.13 Å². The van der Waals surface area contributed by atoms with Gasteiger partial charge in [0.2, 0.25) is 5.71 Å². The fraction of sp³-hybridized carbons (Fsp3) is 0. The maximum atomic E-state index is 6.52. The highest BCUT2D eigenvalue weighted by molar-refractivity contribution is 6.20. The molecule has 12 rings (SSSR count). The Morgan fingerprint density at radius 2 is 0.815 bits per heavy atom. The van der Waals surface area contributed by atoms with Gasteiger partial charge in [0.1, 0.15) is 16.7 Å². The van der Waals surface area contributed by atoms with Crippen molar-refractivity contribution in [1.82, 2.24) is 9.13 Å². The van der Waals surface area contributed by atoms with Gasteiger partial charge >= 0.3 is 0 Å². The topological polar surface area (TPSA) is 36.1 Å². The molecule has 0 saturated carbocycles. The van der Waals surface area contributed by atoms with Crippen LogP contribution in [-0.2, 0) is 0 Å². The van der Waals surface area contributed by atoms with Crippen molar-refractivity contribution in [3.63, 3.8) is 0 Å². The summed E-state index contributed by atoms with van der Waals surface area (Å²) in [5, 5.41) is 8.18. The van der Waals surface area contributed by atoms with Crippen molar-refractivity contribution in [2.45, 2.75) is 0 Å². The van der Waals surface area contributed by atoms with Crippen molar-refractivity contribution in [1.29, 1.82) is 0 Å². The summed E-state index contributed by atoms with van der Waals surface area (Å²) in [6.45, 7) is 0. The van der Waals surface area contributed by atoms with Crippen LogP contribution in [0.2, 0.25) is 0 Å². The van der Waals surface area contributed by atoms with E-state index in [-0.39, 0.29) is 0 Å². The van der Waals surface area contributed by atoms with Crippen LogP contribution in [0.15, 0.2) is 191 Å². The number of benzene rings is 8. The number of furan rings is 2. The fourth-order valence-corrected chi connectivity index (χ4v) is 8.64. The molecule has 0 amide bonds. The molecule has 12 aromatic rings. The number of fused-ring (bicyclic) bond motifs is 11. The number of nitrogens with zero attached hydrogens (tertiary/aromatic N) is 2. The third-order valence-corrected chi connectivity index (χ3v) is 11.1. The molecule has 0 aliphatic rings. The summed E-state index contributed by atoms with van der Waals surface area (Å²) in [4.78, 5) is 0. The van der Waals surface area contributed by atoms with Crippen molar-refractivity contribution in [2.75, 3.05) is 0 Å². The normalized spacial score (nSPS) is 12.1. The van der Waals surface area contributed by atoms with Crippen LogP contribution < -0.4 is 0 Å². The lowest BCUT2D eigenvalue weighted by Gasteiger charge is -2.09. The molecule has 0 aliphatic carbocycles. The summed E-state index contributed by atoms with van der Waals surface area (Å²) in [7, 11) is 0. The molecule has 0 fully saturated rings. The highest BCUT2D eigenvalue weighted by Crippen LogP contribution is 2.42. The SMILES string of the molecule is c1ccc(-n2c3cc(-c4ccc5oc6ccc(-c7ccc(-n8c9ccccc9c9ccccc98)cc7)cc6c5c4)ccc3c3c4ccccc4oc32)cc1. The van der Waals surface area contributed by atoms with E-state index >= 15 is 0 Å². The molecule has 0 atom stereocenters. The molecule has 4 heterocycles. The Morgan fingerprint density at radius 1 is 0.296 bits per heavy atom. The zero-order chi connectivity index (χ0) is 35.3. The number of para-hydroxylation sites is 4. The largest absolute Gasteiger partial charge is 0.456 e. The monoisotopic (exact) mass is 690 g/mol. The van der Waals surface area contributed by atoms with Gasteiger partial charge in [0.05, 0.1) is 21.9 Å². The van der Waals surface area contributed by atoms with Crippen LogP contribution in [0, 0.1) is 0 Å². The summed E-state index contributed by atoms with van der Waals surface area (Å²) in [6.07, 6.45) is 0. The minimum atomic E-state index is 0.862. The summed E-state index contributed by atoms with van der Waals surface area (Å²) >= 11 is 0. The maximum absolute atomic E-state index is 6.52. The van der Waals surface area contributed by atoms with E-state index in [1.807, 2.05) is 18.2 Å². The second kappa shape index (κ2) is 11.1. The molecule has 0 N–H and O–H groups in total. The zero-order valence-electron chi connectivity index (χ0n) is 29.0. The summed E-state index contributed by atoms with van der Waals surface area (Å²) in [5.74, 6) is 0.